The third-order valence-corrected chi connectivity index (χ3v) is 3.83. The minimum Gasteiger partial charge on any atom is -0.508 e. The molecule has 2 aromatic carbocycles. The highest BCUT2D eigenvalue weighted by Crippen LogP contribution is 2.27. The number of hydrogen-bond acceptors (Lipinski definition) is 4. The summed E-state index contributed by atoms with van der Waals surface area (Å²) >= 11 is 0. The van der Waals surface area contributed by atoms with Crippen LogP contribution in [0.1, 0.15) is 32.0 Å². The molecule has 25 heavy (non-hydrogen) atoms. The molecule has 0 saturated carbocycles. The molecule has 0 spiro atoms. The Morgan fingerprint density at radius 1 is 0.920 bits per heavy atom. The number of hydrogen-bond donors (Lipinski definition) is 1. The largest absolute Gasteiger partial charge is 0.508 e. The lowest BCUT2D eigenvalue weighted by Gasteiger charge is -2.19. The zero-order valence-corrected chi connectivity index (χ0v) is 14.7. The Labute approximate surface area is 148 Å². The standard InChI is InChI=1S/C21H22N2O2/c1-21(2,3)18-13-19(25-14-15-7-5-4-6-8-15)23-20(22-18)16-9-11-17(24)12-10-16/h4-13,24H,14H2,1-3H3. The highest BCUT2D eigenvalue weighted by atomic mass is 16.5. The van der Waals surface area contributed by atoms with Crippen LogP contribution in [0.4, 0.5) is 0 Å². The van der Waals surface area contributed by atoms with Gasteiger partial charge in [-0.3, -0.25) is 0 Å². The number of nitrogens with zero attached hydrogens (tertiary/aromatic N) is 2. The third kappa shape index (κ3) is 4.35. The van der Waals surface area contributed by atoms with Gasteiger partial charge in [-0.25, -0.2) is 4.98 Å². The highest BCUT2D eigenvalue weighted by molar-refractivity contribution is 5.57. The van der Waals surface area contributed by atoms with Crippen molar-refractivity contribution in [1.82, 2.24) is 9.97 Å². The number of phenolic OH excluding ortho intramolecular Hbond substituents is 1. The monoisotopic (exact) mass is 334 g/mol. The van der Waals surface area contributed by atoms with Crippen molar-refractivity contribution >= 4 is 0 Å². The molecule has 3 rings (SSSR count). The average Bonchev–Trinajstić information content (AvgIpc) is 2.60. The van der Waals surface area contributed by atoms with Crippen LogP contribution in [-0.2, 0) is 12.0 Å². The summed E-state index contributed by atoms with van der Waals surface area (Å²) in [5.41, 5.74) is 2.71. The molecule has 0 aliphatic carbocycles. The van der Waals surface area contributed by atoms with E-state index in [0.717, 1.165) is 16.8 Å². The minimum absolute atomic E-state index is 0.126. The van der Waals surface area contributed by atoms with Gasteiger partial charge < -0.3 is 9.84 Å². The van der Waals surface area contributed by atoms with Gasteiger partial charge in [-0.1, -0.05) is 51.1 Å². The van der Waals surface area contributed by atoms with E-state index >= 15 is 0 Å². The molecule has 128 valence electrons. The molecule has 0 fully saturated rings. The van der Waals surface area contributed by atoms with Crippen LogP contribution in [0.5, 0.6) is 11.6 Å². The second-order valence-corrected chi connectivity index (χ2v) is 6.99. The van der Waals surface area contributed by atoms with Crippen molar-refractivity contribution in [3.63, 3.8) is 0 Å². The molecule has 1 N–H and O–H groups in total. The maximum absolute atomic E-state index is 9.49. The number of benzene rings is 2. The fourth-order valence-corrected chi connectivity index (χ4v) is 2.35. The fourth-order valence-electron chi connectivity index (χ4n) is 2.35. The van der Waals surface area contributed by atoms with Crippen LogP contribution in [0.2, 0.25) is 0 Å². The van der Waals surface area contributed by atoms with Crippen molar-refractivity contribution in [3.05, 3.63) is 71.9 Å². The first-order valence-corrected chi connectivity index (χ1v) is 8.27. The molecule has 3 aromatic rings. The summed E-state index contributed by atoms with van der Waals surface area (Å²) in [5, 5.41) is 9.49. The summed E-state index contributed by atoms with van der Waals surface area (Å²) in [5.74, 6) is 1.36. The van der Waals surface area contributed by atoms with Gasteiger partial charge in [0, 0.05) is 17.0 Å². The first kappa shape index (κ1) is 17.0. The number of aromatic hydroxyl groups is 1. The Hall–Kier alpha value is -2.88. The summed E-state index contributed by atoms with van der Waals surface area (Å²) in [6.45, 7) is 6.78. The van der Waals surface area contributed by atoms with Gasteiger partial charge in [0.2, 0.25) is 5.88 Å². The zero-order chi connectivity index (χ0) is 17.9. The highest BCUT2D eigenvalue weighted by Gasteiger charge is 2.19. The fraction of sp³-hybridized carbons (Fsp3) is 0.238. The molecule has 0 atom stereocenters. The van der Waals surface area contributed by atoms with Gasteiger partial charge in [0.15, 0.2) is 5.82 Å². The van der Waals surface area contributed by atoms with Crippen LogP contribution >= 0.6 is 0 Å². The number of ether oxygens (including phenoxy) is 1. The molecular weight excluding hydrogens is 312 g/mol. The molecule has 0 amide bonds. The van der Waals surface area contributed by atoms with Crippen molar-refractivity contribution in [3.8, 4) is 23.0 Å². The molecule has 0 saturated heterocycles. The van der Waals surface area contributed by atoms with E-state index in [1.807, 2.05) is 36.4 Å². The van der Waals surface area contributed by atoms with Crippen LogP contribution in [0, 0.1) is 0 Å². The van der Waals surface area contributed by atoms with Crippen LogP contribution in [0.3, 0.4) is 0 Å². The van der Waals surface area contributed by atoms with Gasteiger partial charge in [0.25, 0.3) is 0 Å². The number of phenols is 1. The van der Waals surface area contributed by atoms with Gasteiger partial charge in [0.1, 0.15) is 12.4 Å². The second kappa shape index (κ2) is 6.93. The Kier molecular flexibility index (Phi) is 4.70. The number of rotatable bonds is 4. The van der Waals surface area contributed by atoms with Crippen LogP contribution in [0.15, 0.2) is 60.7 Å². The molecule has 1 aromatic heterocycles. The smallest absolute Gasteiger partial charge is 0.217 e. The molecule has 4 nitrogen and oxygen atoms in total. The molecule has 0 bridgehead atoms. The second-order valence-electron chi connectivity index (χ2n) is 6.99. The van der Waals surface area contributed by atoms with Crippen molar-refractivity contribution in [2.24, 2.45) is 0 Å². The molecule has 0 aliphatic rings. The molecule has 0 aliphatic heterocycles. The summed E-state index contributed by atoms with van der Waals surface area (Å²) in [7, 11) is 0. The quantitative estimate of drug-likeness (QED) is 0.749. The summed E-state index contributed by atoms with van der Waals surface area (Å²) < 4.78 is 5.91. The lowest BCUT2D eigenvalue weighted by Crippen LogP contribution is -2.15. The SMILES string of the molecule is CC(C)(C)c1cc(OCc2ccccc2)nc(-c2ccc(O)cc2)n1. The predicted octanol–water partition coefficient (Wildman–Crippen LogP) is 4.73. The van der Waals surface area contributed by atoms with Crippen molar-refractivity contribution in [2.45, 2.75) is 32.8 Å². The van der Waals surface area contributed by atoms with Crippen LogP contribution < -0.4 is 4.74 Å². The van der Waals surface area contributed by atoms with E-state index in [4.69, 9.17) is 4.74 Å². The number of aromatic nitrogens is 2. The van der Waals surface area contributed by atoms with E-state index < -0.39 is 0 Å². The molecule has 4 heteroatoms. The van der Waals surface area contributed by atoms with E-state index in [1.54, 1.807) is 24.3 Å². The lowest BCUT2D eigenvalue weighted by atomic mass is 9.92. The first-order valence-electron chi connectivity index (χ1n) is 8.27. The molecule has 0 unspecified atom stereocenters. The van der Waals surface area contributed by atoms with Crippen molar-refractivity contribution < 1.29 is 9.84 Å². The van der Waals surface area contributed by atoms with Gasteiger partial charge in [-0.15, -0.1) is 0 Å². The average molecular weight is 334 g/mol. The summed E-state index contributed by atoms with van der Waals surface area (Å²) in [6.07, 6.45) is 0. The third-order valence-electron chi connectivity index (χ3n) is 3.83. The Morgan fingerprint density at radius 3 is 2.24 bits per heavy atom. The van der Waals surface area contributed by atoms with Gasteiger partial charge in [0.05, 0.1) is 5.69 Å². The molecule has 1 heterocycles. The van der Waals surface area contributed by atoms with E-state index in [9.17, 15) is 5.11 Å². The Balaban J connectivity index is 1.94. The van der Waals surface area contributed by atoms with Crippen molar-refractivity contribution in [1.29, 1.82) is 0 Å². The van der Waals surface area contributed by atoms with Crippen molar-refractivity contribution in [2.75, 3.05) is 0 Å². The van der Waals surface area contributed by atoms with E-state index in [2.05, 4.69) is 30.7 Å². The van der Waals surface area contributed by atoms with Crippen LogP contribution in [-0.4, -0.2) is 15.1 Å². The van der Waals surface area contributed by atoms with E-state index in [1.165, 1.54) is 0 Å². The maximum atomic E-state index is 9.49. The summed E-state index contributed by atoms with van der Waals surface area (Å²) in [4.78, 5) is 9.23. The Bertz CT molecular complexity index is 838. The van der Waals surface area contributed by atoms with E-state index in [0.29, 0.717) is 18.3 Å². The van der Waals surface area contributed by atoms with E-state index in [-0.39, 0.29) is 11.2 Å². The maximum Gasteiger partial charge on any atom is 0.217 e. The molecular formula is C21H22N2O2. The zero-order valence-electron chi connectivity index (χ0n) is 14.7. The summed E-state index contributed by atoms with van der Waals surface area (Å²) in [6, 6.07) is 18.8. The normalized spacial score (nSPS) is 11.3. The van der Waals surface area contributed by atoms with Gasteiger partial charge >= 0.3 is 0 Å². The topological polar surface area (TPSA) is 55.2 Å². The van der Waals surface area contributed by atoms with Gasteiger partial charge in [-0.05, 0) is 29.8 Å². The predicted molar refractivity (Wildman–Crippen MR) is 98.6 cm³/mol. The lowest BCUT2D eigenvalue weighted by molar-refractivity contribution is 0.292. The molecule has 0 radical (unpaired) electrons. The first-order chi connectivity index (χ1) is 11.9. The Morgan fingerprint density at radius 2 is 1.60 bits per heavy atom. The minimum atomic E-state index is -0.126. The van der Waals surface area contributed by atoms with Gasteiger partial charge in [-0.2, -0.15) is 4.98 Å². The van der Waals surface area contributed by atoms with Crippen LogP contribution in [0.25, 0.3) is 11.4 Å².